The Hall–Kier alpha value is -2.15. The van der Waals surface area contributed by atoms with Gasteiger partial charge in [0.05, 0.1) is 10.5 Å². The second kappa shape index (κ2) is 5.33. The molecule has 2 aliphatic heterocycles. The van der Waals surface area contributed by atoms with Crippen molar-refractivity contribution >= 4 is 17.3 Å². The minimum absolute atomic E-state index is 0.104. The Morgan fingerprint density at radius 2 is 2.10 bits per heavy atom. The van der Waals surface area contributed by atoms with Crippen LogP contribution in [0.15, 0.2) is 18.2 Å². The Balaban J connectivity index is 1.94. The van der Waals surface area contributed by atoms with E-state index in [0.29, 0.717) is 5.69 Å². The van der Waals surface area contributed by atoms with E-state index >= 15 is 0 Å². The molecule has 3 rings (SSSR count). The first-order valence-electron chi connectivity index (χ1n) is 7.15. The number of nitro groups is 1. The monoisotopic (exact) mass is 290 g/mol. The number of carbonyl (C=O) groups is 1. The zero-order valence-electron chi connectivity index (χ0n) is 11.6. The number of hydrogen-bond acceptors (Lipinski definition) is 5. The molecule has 2 heterocycles. The van der Waals surface area contributed by atoms with E-state index in [9.17, 15) is 14.9 Å². The number of nitrogens with one attached hydrogen (secondary N) is 1. The maximum absolute atomic E-state index is 12.8. The largest absolute Gasteiger partial charge is 0.398 e. The first-order valence-corrected chi connectivity index (χ1v) is 7.15. The van der Waals surface area contributed by atoms with Crippen molar-refractivity contribution in [1.82, 2.24) is 10.2 Å². The molecule has 7 heteroatoms. The highest BCUT2D eigenvalue weighted by molar-refractivity contribution is 6.00. The van der Waals surface area contributed by atoms with Crippen molar-refractivity contribution in [2.24, 2.45) is 0 Å². The number of rotatable bonds is 2. The maximum Gasteiger partial charge on any atom is 0.270 e. The van der Waals surface area contributed by atoms with Crippen LogP contribution in [0, 0.1) is 10.1 Å². The van der Waals surface area contributed by atoms with E-state index in [1.54, 1.807) is 0 Å². The summed E-state index contributed by atoms with van der Waals surface area (Å²) in [6.07, 6.45) is 2.88. The zero-order valence-corrected chi connectivity index (χ0v) is 11.6. The van der Waals surface area contributed by atoms with Crippen LogP contribution in [0.3, 0.4) is 0 Å². The summed E-state index contributed by atoms with van der Waals surface area (Å²) in [6.45, 7) is 1.67. The molecule has 7 nitrogen and oxygen atoms in total. The van der Waals surface area contributed by atoms with E-state index in [-0.39, 0.29) is 29.2 Å². The van der Waals surface area contributed by atoms with Gasteiger partial charge in [0, 0.05) is 36.4 Å². The Bertz CT molecular complexity index is 576. The lowest BCUT2D eigenvalue weighted by molar-refractivity contribution is -0.384. The van der Waals surface area contributed by atoms with Crippen LogP contribution >= 0.6 is 0 Å². The summed E-state index contributed by atoms with van der Waals surface area (Å²) in [5.74, 6) is -0.188. The first-order chi connectivity index (χ1) is 10.1. The van der Waals surface area contributed by atoms with Gasteiger partial charge in [-0.3, -0.25) is 14.9 Å². The van der Waals surface area contributed by atoms with Crippen molar-refractivity contribution in [2.75, 3.05) is 18.8 Å². The number of nitro benzene ring substituents is 1. The van der Waals surface area contributed by atoms with Crippen LogP contribution in [0.2, 0.25) is 0 Å². The van der Waals surface area contributed by atoms with Gasteiger partial charge in [-0.25, -0.2) is 0 Å². The van der Waals surface area contributed by atoms with Crippen molar-refractivity contribution in [3.63, 3.8) is 0 Å². The third kappa shape index (κ3) is 2.44. The van der Waals surface area contributed by atoms with Crippen LogP contribution < -0.4 is 11.1 Å². The van der Waals surface area contributed by atoms with Crippen LogP contribution in [-0.2, 0) is 0 Å². The van der Waals surface area contributed by atoms with Crippen molar-refractivity contribution < 1.29 is 9.72 Å². The molecule has 0 radical (unpaired) electrons. The fourth-order valence-electron chi connectivity index (χ4n) is 3.30. The molecule has 2 bridgehead atoms. The standard InChI is InChI=1S/C14H18N4O3/c15-13-4-3-10(18(20)21)7-12(13)14(19)17-9-1-2-11(17)8-16-6-5-9/h3-4,7,9,11,16H,1-2,5-6,8,15H2. The summed E-state index contributed by atoms with van der Waals surface area (Å²) in [7, 11) is 0. The molecule has 2 saturated heterocycles. The molecular weight excluding hydrogens is 272 g/mol. The smallest absolute Gasteiger partial charge is 0.270 e. The normalized spacial score (nSPS) is 24.7. The molecule has 1 amide bonds. The predicted molar refractivity (Wildman–Crippen MR) is 78.0 cm³/mol. The van der Waals surface area contributed by atoms with E-state index in [4.69, 9.17) is 5.73 Å². The molecule has 0 spiro atoms. The van der Waals surface area contributed by atoms with Crippen LogP contribution in [0.1, 0.15) is 29.6 Å². The number of amides is 1. The maximum atomic E-state index is 12.8. The average Bonchev–Trinajstić information content (AvgIpc) is 2.71. The number of carbonyl (C=O) groups excluding carboxylic acids is 1. The second-order valence-corrected chi connectivity index (χ2v) is 5.62. The van der Waals surface area contributed by atoms with Gasteiger partial charge in [-0.2, -0.15) is 0 Å². The lowest BCUT2D eigenvalue weighted by atomic mass is 10.1. The molecule has 3 N–H and O–H groups in total. The minimum Gasteiger partial charge on any atom is -0.398 e. The number of nitrogen functional groups attached to an aromatic ring is 1. The van der Waals surface area contributed by atoms with Gasteiger partial charge in [-0.05, 0) is 31.9 Å². The number of hydrogen-bond donors (Lipinski definition) is 2. The molecule has 2 atom stereocenters. The SMILES string of the molecule is Nc1ccc([N+](=O)[O-])cc1C(=O)N1C2CCNCC1CC2. The van der Waals surface area contributed by atoms with Gasteiger partial charge in [0.15, 0.2) is 0 Å². The zero-order chi connectivity index (χ0) is 15.0. The summed E-state index contributed by atoms with van der Waals surface area (Å²) in [6, 6.07) is 4.41. The molecule has 0 saturated carbocycles. The second-order valence-electron chi connectivity index (χ2n) is 5.62. The Labute approximate surface area is 122 Å². The molecule has 21 heavy (non-hydrogen) atoms. The number of benzene rings is 1. The third-order valence-corrected chi connectivity index (χ3v) is 4.37. The summed E-state index contributed by atoms with van der Waals surface area (Å²) in [5.41, 5.74) is 6.29. The molecule has 0 aromatic heterocycles. The number of non-ortho nitro benzene ring substituents is 1. The number of fused-ring (bicyclic) bond motifs is 2. The third-order valence-electron chi connectivity index (χ3n) is 4.37. The van der Waals surface area contributed by atoms with E-state index in [1.807, 2.05) is 4.90 Å². The van der Waals surface area contributed by atoms with Gasteiger partial charge >= 0.3 is 0 Å². The number of nitrogens with zero attached hydrogens (tertiary/aromatic N) is 2. The van der Waals surface area contributed by atoms with E-state index in [2.05, 4.69) is 5.32 Å². The lowest BCUT2D eigenvalue weighted by Gasteiger charge is -2.28. The summed E-state index contributed by atoms with van der Waals surface area (Å²) < 4.78 is 0. The molecule has 1 aromatic carbocycles. The highest BCUT2D eigenvalue weighted by atomic mass is 16.6. The van der Waals surface area contributed by atoms with Gasteiger partial charge in [0.2, 0.25) is 0 Å². The van der Waals surface area contributed by atoms with Gasteiger partial charge in [-0.1, -0.05) is 0 Å². The summed E-state index contributed by atoms with van der Waals surface area (Å²) in [5, 5.41) is 14.2. The van der Waals surface area contributed by atoms with Crippen LogP contribution in [0.25, 0.3) is 0 Å². The fourth-order valence-corrected chi connectivity index (χ4v) is 3.30. The highest BCUT2D eigenvalue weighted by Gasteiger charge is 2.39. The van der Waals surface area contributed by atoms with Crippen molar-refractivity contribution in [1.29, 1.82) is 0 Å². The lowest BCUT2D eigenvalue weighted by Crippen LogP contribution is -2.42. The van der Waals surface area contributed by atoms with Crippen LogP contribution in [-0.4, -0.2) is 40.9 Å². The quantitative estimate of drug-likeness (QED) is 0.483. The van der Waals surface area contributed by atoms with Crippen LogP contribution in [0.5, 0.6) is 0 Å². The van der Waals surface area contributed by atoms with Crippen molar-refractivity contribution in [2.45, 2.75) is 31.3 Å². The van der Waals surface area contributed by atoms with Crippen LogP contribution in [0.4, 0.5) is 11.4 Å². The summed E-state index contributed by atoms with van der Waals surface area (Å²) in [4.78, 5) is 25.1. The van der Waals surface area contributed by atoms with Crippen molar-refractivity contribution in [3.05, 3.63) is 33.9 Å². The summed E-state index contributed by atoms with van der Waals surface area (Å²) >= 11 is 0. The highest BCUT2D eigenvalue weighted by Crippen LogP contribution is 2.31. The molecule has 2 aliphatic rings. The molecule has 2 unspecified atom stereocenters. The van der Waals surface area contributed by atoms with Gasteiger partial charge in [0.25, 0.3) is 11.6 Å². The van der Waals surface area contributed by atoms with Gasteiger partial charge in [0.1, 0.15) is 0 Å². The Morgan fingerprint density at radius 1 is 1.33 bits per heavy atom. The number of nitrogens with two attached hydrogens (primary N) is 1. The molecule has 112 valence electrons. The minimum atomic E-state index is -0.505. The molecule has 2 fully saturated rings. The van der Waals surface area contributed by atoms with E-state index < -0.39 is 4.92 Å². The molecule has 1 aromatic rings. The molecule has 0 aliphatic carbocycles. The van der Waals surface area contributed by atoms with E-state index in [0.717, 1.165) is 32.4 Å². The number of anilines is 1. The first kappa shape index (κ1) is 13.8. The average molecular weight is 290 g/mol. The topological polar surface area (TPSA) is 101 Å². The van der Waals surface area contributed by atoms with E-state index in [1.165, 1.54) is 18.2 Å². The fraction of sp³-hybridized carbons (Fsp3) is 0.500. The predicted octanol–water partition coefficient (Wildman–Crippen LogP) is 1.14. The van der Waals surface area contributed by atoms with Gasteiger partial charge < -0.3 is 16.0 Å². The van der Waals surface area contributed by atoms with Gasteiger partial charge in [-0.15, -0.1) is 0 Å². The Kier molecular flexibility index (Phi) is 3.50. The molecular formula is C14H18N4O3. The Morgan fingerprint density at radius 3 is 2.86 bits per heavy atom. The van der Waals surface area contributed by atoms with Crippen molar-refractivity contribution in [3.8, 4) is 0 Å².